The summed E-state index contributed by atoms with van der Waals surface area (Å²) < 4.78 is 22.2. The number of carbonyl (C=O) groups is 5. The summed E-state index contributed by atoms with van der Waals surface area (Å²) in [5, 5.41) is 32.3. The van der Waals surface area contributed by atoms with Crippen LogP contribution < -0.4 is 16.3 Å². The van der Waals surface area contributed by atoms with Crippen LogP contribution in [-0.2, 0) is 45.2 Å². The molecule has 5 N–H and O–H groups in total. The van der Waals surface area contributed by atoms with Gasteiger partial charge in [-0.2, -0.15) is 5.10 Å². The molecular weight excluding hydrogens is 816 g/mol. The number of rotatable bonds is 11. The molecule has 18 heteroatoms. The number of piperidine rings is 1. The smallest absolute Gasteiger partial charge is 0.411 e. The van der Waals surface area contributed by atoms with Gasteiger partial charge < -0.3 is 24.7 Å². The van der Waals surface area contributed by atoms with Gasteiger partial charge in [0.05, 0.1) is 17.7 Å². The summed E-state index contributed by atoms with van der Waals surface area (Å²) in [5.74, 6) is -2.23. The van der Waals surface area contributed by atoms with Crippen molar-refractivity contribution >= 4 is 35.4 Å². The number of nitrogens with zero attached hydrogens (tertiary/aromatic N) is 5. The average molecular weight is 861 g/mol. The second-order valence-corrected chi connectivity index (χ2v) is 16.1. The molecule has 1 atom stereocenters. The number of fused-ring (bicyclic) bond motifs is 1. The number of aromatic nitrogens is 3. The third-order valence-electron chi connectivity index (χ3n) is 11.7. The van der Waals surface area contributed by atoms with Crippen LogP contribution >= 0.6 is 0 Å². The van der Waals surface area contributed by atoms with Crippen LogP contribution in [0.1, 0.15) is 70.8 Å². The molecule has 5 aromatic rings. The molecule has 326 valence electrons. The number of halogens is 1. The van der Waals surface area contributed by atoms with E-state index in [1.165, 1.54) is 21.6 Å². The number of imide groups is 1. The number of ether oxygens (including phenoxy) is 1. The lowest BCUT2D eigenvalue weighted by Crippen LogP contribution is -2.52. The van der Waals surface area contributed by atoms with E-state index in [0.29, 0.717) is 59.7 Å². The first-order chi connectivity index (χ1) is 30.2. The SMILES string of the molecule is CC(C)c1cc(-c2n[nH]c(=O)n2-c2ccc(CN3CCN(C(=O)Cc4ccc(COC(=O)Nc5cccc6c5CN(C5CCC(=O)NC5=O)C6=O)cc4)CC3)c(F)c2)c(O)cc1O. The van der Waals surface area contributed by atoms with Crippen molar-refractivity contribution in [3.8, 4) is 28.6 Å². The first kappa shape index (κ1) is 42.4. The molecule has 63 heavy (non-hydrogen) atoms. The molecule has 4 aromatic carbocycles. The van der Waals surface area contributed by atoms with Gasteiger partial charge >= 0.3 is 11.8 Å². The van der Waals surface area contributed by atoms with Gasteiger partial charge in [0.15, 0.2) is 5.82 Å². The summed E-state index contributed by atoms with van der Waals surface area (Å²) >= 11 is 0. The van der Waals surface area contributed by atoms with Crippen LogP contribution in [-0.4, -0.2) is 102 Å². The number of piperazine rings is 1. The van der Waals surface area contributed by atoms with E-state index in [2.05, 4.69) is 20.8 Å². The lowest BCUT2D eigenvalue weighted by atomic mass is 9.98. The molecule has 5 amide bonds. The van der Waals surface area contributed by atoms with E-state index in [0.717, 1.165) is 5.56 Å². The van der Waals surface area contributed by atoms with Gasteiger partial charge in [-0.25, -0.2) is 23.6 Å². The summed E-state index contributed by atoms with van der Waals surface area (Å²) in [7, 11) is 0. The standard InChI is InChI=1S/C45H45FN8O9/c1-25(2)31-20-32(38(56)21-37(31)55)41-49-50-44(61)54(41)29-11-10-28(34(46)19-29)22-51-14-16-52(17-15-51)40(58)18-26-6-8-27(9-7-26)24-63-45(62)47-35-5-3-4-30-33(35)23-53(43(30)60)36-12-13-39(57)48-42(36)59/h3-11,19-21,25,36,55-56H,12-18,22-24H2,1-2H3,(H,47,62)(H,50,61)(H,48,57,59). The number of anilines is 1. The number of aromatic amines is 1. The van der Waals surface area contributed by atoms with Crippen molar-refractivity contribution in [2.24, 2.45) is 0 Å². The molecule has 2 fully saturated rings. The molecule has 1 aromatic heterocycles. The van der Waals surface area contributed by atoms with Crippen LogP contribution in [0.2, 0.25) is 0 Å². The van der Waals surface area contributed by atoms with Crippen LogP contribution in [0.25, 0.3) is 17.1 Å². The molecule has 8 rings (SSSR count). The van der Waals surface area contributed by atoms with E-state index in [1.54, 1.807) is 65.6 Å². The molecule has 1 unspecified atom stereocenters. The van der Waals surface area contributed by atoms with E-state index in [4.69, 9.17) is 4.74 Å². The van der Waals surface area contributed by atoms with E-state index < -0.39 is 29.5 Å². The topological polar surface area (TPSA) is 219 Å². The normalized spacial score (nSPS) is 16.6. The monoisotopic (exact) mass is 860 g/mol. The molecule has 2 saturated heterocycles. The Balaban J connectivity index is 0.805. The highest BCUT2D eigenvalue weighted by molar-refractivity contribution is 6.06. The van der Waals surface area contributed by atoms with Gasteiger partial charge in [0.1, 0.15) is 30.0 Å². The van der Waals surface area contributed by atoms with Crippen molar-refractivity contribution in [2.45, 2.75) is 64.8 Å². The van der Waals surface area contributed by atoms with E-state index >= 15 is 4.39 Å². The molecule has 3 aliphatic heterocycles. The molecule has 3 aliphatic rings. The Hall–Kier alpha value is -7.34. The Labute approximate surface area is 360 Å². The van der Waals surface area contributed by atoms with Crippen LogP contribution in [0.4, 0.5) is 14.9 Å². The Morgan fingerprint density at radius 3 is 2.38 bits per heavy atom. The van der Waals surface area contributed by atoms with Gasteiger partial charge in [0.25, 0.3) is 5.91 Å². The van der Waals surface area contributed by atoms with E-state index in [1.807, 2.05) is 18.7 Å². The molecule has 0 saturated carbocycles. The highest BCUT2D eigenvalue weighted by atomic mass is 19.1. The quantitative estimate of drug-likeness (QED) is 0.118. The van der Waals surface area contributed by atoms with E-state index in [-0.39, 0.29) is 91.2 Å². The molecule has 17 nitrogen and oxygen atoms in total. The minimum atomic E-state index is -0.780. The van der Waals surface area contributed by atoms with Gasteiger partial charge in [0, 0.05) is 74.1 Å². The summed E-state index contributed by atoms with van der Waals surface area (Å²) in [4.78, 5) is 81.2. The van der Waals surface area contributed by atoms with Crippen LogP contribution in [0.5, 0.6) is 11.5 Å². The first-order valence-electron chi connectivity index (χ1n) is 20.5. The molecule has 0 radical (unpaired) electrons. The van der Waals surface area contributed by atoms with Crippen molar-refractivity contribution in [2.75, 3.05) is 31.5 Å². The molecule has 0 aliphatic carbocycles. The Bertz CT molecular complexity index is 2690. The minimum absolute atomic E-state index is 0.0475. The van der Waals surface area contributed by atoms with Gasteiger partial charge in [-0.05, 0) is 59.4 Å². The second kappa shape index (κ2) is 17.6. The number of hydrogen-bond acceptors (Lipinski definition) is 11. The maximum absolute atomic E-state index is 15.6. The van der Waals surface area contributed by atoms with Crippen molar-refractivity contribution in [3.05, 3.63) is 122 Å². The molecule has 0 bridgehead atoms. The van der Waals surface area contributed by atoms with Crippen LogP contribution in [0, 0.1) is 5.82 Å². The lowest BCUT2D eigenvalue weighted by molar-refractivity contribution is -0.137. The second-order valence-electron chi connectivity index (χ2n) is 16.1. The number of phenols is 2. The fourth-order valence-corrected chi connectivity index (χ4v) is 8.19. The molecule has 4 heterocycles. The Kier molecular flexibility index (Phi) is 11.8. The highest BCUT2D eigenvalue weighted by Gasteiger charge is 2.40. The number of carbonyl (C=O) groups excluding carboxylic acids is 5. The van der Waals surface area contributed by atoms with Crippen molar-refractivity contribution < 1.29 is 43.3 Å². The summed E-state index contributed by atoms with van der Waals surface area (Å²) in [6, 6.07) is 18.5. The maximum Gasteiger partial charge on any atom is 0.411 e. The summed E-state index contributed by atoms with van der Waals surface area (Å²) in [6.45, 7) is 6.04. The fraction of sp³-hybridized carbons (Fsp3) is 0.311. The van der Waals surface area contributed by atoms with Gasteiger partial charge in [-0.15, -0.1) is 0 Å². The number of aromatic hydroxyl groups is 2. The molecular formula is C45H45FN8O9. The van der Waals surface area contributed by atoms with Crippen molar-refractivity contribution in [1.82, 2.24) is 34.8 Å². The highest BCUT2D eigenvalue weighted by Crippen LogP contribution is 2.38. The van der Waals surface area contributed by atoms with Gasteiger partial charge in [-0.3, -0.25) is 34.7 Å². The zero-order chi connectivity index (χ0) is 44.5. The first-order valence-corrected chi connectivity index (χ1v) is 20.5. The number of phenolic OH excluding ortho intramolecular Hbond substituents is 2. The Morgan fingerprint density at radius 2 is 1.67 bits per heavy atom. The number of H-pyrrole nitrogens is 1. The Morgan fingerprint density at radius 1 is 0.921 bits per heavy atom. The predicted molar refractivity (Wildman–Crippen MR) is 225 cm³/mol. The number of benzene rings is 4. The predicted octanol–water partition coefficient (Wildman–Crippen LogP) is 4.30. The maximum atomic E-state index is 15.6. The van der Waals surface area contributed by atoms with Gasteiger partial charge in [0.2, 0.25) is 17.7 Å². The summed E-state index contributed by atoms with van der Waals surface area (Å²) in [6.07, 6.45) is -0.208. The van der Waals surface area contributed by atoms with Crippen molar-refractivity contribution in [3.63, 3.8) is 0 Å². The van der Waals surface area contributed by atoms with Crippen molar-refractivity contribution in [1.29, 1.82) is 0 Å². The largest absolute Gasteiger partial charge is 0.508 e. The zero-order valence-electron chi connectivity index (χ0n) is 34.5. The third kappa shape index (κ3) is 8.88. The van der Waals surface area contributed by atoms with Gasteiger partial charge in [-0.1, -0.05) is 50.2 Å². The number of nitrogens with one attached hydrogen (secondary N) is 3. The average Bonchev–Trinajstić information content (AvgIpc) is 3.80. The zero-order valence-corrected chi connectivity index (χ0v) is 34.5. The molecule has 0 spiro atoms. The fourth-order valence-electron chi connectivity index (χ4n) is 8.19. The van der Waals surface area contributed by atoms with Crippen LogP contribution in [0.15, 0.2) is 77.6 Å². The lowest BCUT2D eigenvalue weighted by Gasteiger charge is -2.35. The minimum Gasteiger partial charge on any atom is -0.508 e. The van der Waals surface area contributed by atoms with Crippen LogP contribution in [0.3, 0.4) is 0 Å². The summed E-state index contributed by atoms with van der Waals surface area (Å²) in [5.41, 5.74) is 3.51. The van der Waals surface area contributed by atoms with E-state index in [9.17, 15) is 39.0 Å². The number of hydrogen-bond donors (Lipinski definition) is 5. The third-order valence-corrected chi connectivity index (χ3v) is 11.7. The number of amides is 5.